The summed E-state index contributed by atoms with van der Waals surface area (Å²) in [6, 6.07) is 12.5. The first-order valence-corrected chi connectivity index (χ1v) is 11.3. The minimum atomic E-state index is -4.36. The summed E-state index contributed by atoms with van der Waals surface area (Å²) in [5.41, 5.74) is 2.96. The second kappa shape index (κ2) is 9.91. The lowest BCUT2D eigenvalue weighted by molar-refractivity contribution is -0.137. The molecule has 1 atom stereocenters. The van der Waals surface area contributed by atoms with Crippen molar-refractivity contribution in [1.29, 1.82) is 0 Å². The molecule has 33 heavy (non-hydrogen) atoms. The monoisotopic (exact) mass is 455 g/mol. The van der Waals surface area contributed by atoms with E-state index in [-0.39, 0.29) is 6.61 Å². The molecular weight excluding hydrogens is 427 g/mol. The van der Waals surface area contributed by atoms with E-state index in [0.29, 0.717) is 23.1 Å². The van der Waals surface area contributed by atoms with Crippen molar-refractivity contribution in [3.8, 4) is 17.1 Å². The molecule has 0 spiro atoms. The summed E-state index contributed by atoms with van der Waals surface area (Å²) < 4.78 is 44.3. The van der Waals surface area contributed by atoms with Gasteiger partial charge in [0.25, 0.3) is 0 Å². The van der Waals surface area contributed by atoms with Crippen LogP contribution < -0.4 is 4.74 Å². The molecule has 2 heterocycles. The molecule has 174 valence electrons. The van der Waals surface area contributed by atoms with E-state index in [9.17, 15) is 13.2 Å². The molecule has 0 bridgehead atoms. The molecule has 2 aromatic carbocycles. The molecular formula is C26H28F3N3O. The Bertz CT molecular complexity index is 1080. The fourth-order valence-electron chi connectivity index (χ4n) is 3.94. The first-order valence-electron chi connectivity index (χ1n) is 11.3. The molecule has 0 amide bonds. The fourth-order valence-corrected chi connectivity index (χ4v) is 3.94. The number of aromatic nitrogens is 2. The van der Waals surface area contributed by atoms with E-state index < -0.39 is 11.7 Å². The molecule has 0 N–H and O–H groups in total. The third kappa shape index (κ3) is 5.90. The molecule has 0 radical (unpaired) electrons. The highest BCUT2D eigenvalue weighted by molar-refractivity contribution is 5.56. The molecule has 1 aliphatic heterocycles. The van der Waals surface area contributed by atoms with E-state index >= 15 is 0 Å². The highest BCUT2D eigenvalue weighted by atomic mass is 19.4. The predicted molar refractivity (Wildman–Crippen MR) is 122 cm³/mol. The fraction of sp³-hybridized carbons (Fsp3) is 0.385. The van der Waals surface area contributed by atoms with Crippen LogP contribution in [-0.2, 0) is 25.7 Å². The van der Waals surface area contributed by atoms with Crippen LogP contribution in [0.4, 0.5) is 13.2 Å². The molecule has 1 aliphatic rings. The first-order chi connectivity index (χ1) is 15.8. The first kappa shape index (κ1) is 23.2. The molecule has 0 aliphatic carbocycles. The van der Waals surface area contributed by atoms with Gasteiger partial charge in [-0.15, -0.1) is 0 Å². The van der Waals surface area contributed by atoms with Crippen LogP contribution in [0.2, 0.25) is 0 Å². The molecule has 0 fully saturated rings. The van der Waals surface area contributed by atoms with Gasteiger partial charge in [-0.05, 0) is 47.9 Å². The Labute approximate surface area is 192 Å². The van der Waals surface area contributed by atoms with Gasteiger partial charge in [-0.2, -0.15) is 13.2 Å². The average molecular weight is 456 g/mol. The second-order valence-corrected chi connectivity index (χ2v) is 8.68. The van der Waals surface area contributed by atoms with Crippen LogP contribution in [0.15, 0.2) is 54.7 Å². The number of rotatable bonds is 7. The van der Waals surface area contributed by atoms with E-state index in [4.69, 9.17) is 9.72 Å². The van der Waals surface area contributed by atoms with Crippen molar-refractivity contribution < 1.29 is 17.9 Å². The summed E-state index contributed by atoms with van der Waals surface area (Å²) in [6.45, 7) is 7.56. The molecule has 4 rings (SSSR count). The number of alkyl halides is 3. The van der Waals surface area contributed by atoms with E-state index in [1.807, 2.05) is 18.3 Å². The van der Waals surface area contributed by atoms with Crippen LogP contribution in [0.25, 0.3) is 11.4 Å². The second-order valence-electron chi connectivity index (χ2n) is 8.68. The topological polar surface area (TPSA) is 38.2 Å². The van der Waals surface area contributed by atoms with Crippen molar-refractivity contribution >= 4 is 0 Å². The van der Waals surface area contributed by atoms with Gasteiger partial charge < -0.3 is 4.74 Å². The number of nitrogens with zero attached hydrogens (tertiary/aromatic N) is 3. The predicted octanol–water partition coefficient (Wildman–Crippen LogP) is 6.15. The van der Waals surface area contributed by atoms with Crippen LogP contribution in [0.1, 0.15) is 42.7 Å². The van der Waals surface area contributed by atoms with Crippen molar-refractivity contribution in [2.24, 2.45) is 5.92 Å². The quantitative estimate of drug-likeness (QED) is 0.429. The zero-order valence-electron chi connectivity index (χ0n) is 18.9. The maximum absolute atomic E-state index is 12.9. The summed E-state index contributed by atoms with van der Waals surface area (Å²) in [5, 5.41) is 0. The number of fused-ring (bicyclic) bond motifs is 1. The molecule has 7 heteroatoms. The van der Waals surface area contributed by atoms with Gasteiger partial charge in [0, 0.05) is 43.4 Å². The molecule has 1 unspecified atom stereocenters. The molecule has 4 nitrogen and oxygen atoms in total. The number of ether oxygens (including phenoxy) is 1. The van der Waals surface area contributed by atoms with E-state index in [1.54, 1.807) is 18.2 Å². The Balaban J connectivity index is 1.39. The van der Waals surface area contributed by atoms with Crippen molar-refractivity contribution in [2.75, 3.05) is 13.1 Å². The van der Waals surface area contributed by atoms with Gasteiger partial charge in [0.2, 0.25) is 0 Å². The minimum Gasteiger partial charge on any atom is -0.489 e. The van der Waals surface area contributed by atoms with Crippen LogP contribution >= 0.6 is 0 Å². The van der Waals surface area contributed by atoms with E-state index in [0.717, 1.165) is 49.4 Å². The summed E-state index contributed by atoms with van der Waals surface area (Å²) >= 11 is 0. The highest BCUT2D eigenvalue weighted by Crippen LogP contribution is 2.30. The van der Waals surface area contributed by atoms with Crippen molar-refractivity contribution in [2.45, 2.75) is 46.0 Å². The van der Waals surface area contributed by atoms with Gasteiger partial charge in [-0.3, -0.25) is 4.90 Å². The number of hydrogen-bond acceptors (Lipinski definition) is 4. The molecule has 0 saturated heterocycles. The van der Waals surface area contributed by atoms with Crippen molar-refractivity contribution in [1.82, 2.24) is 14.9 Å². The van der Waals surface area contributed by atoms with Crippen molar-refractivity contribution in [3.63, 3.8) is 0 Å². The SMILES string of the molecule is CCC(C)CN1CCc2nc(-c3ccc(OCc4cccc(C(F)(F)F)c4)cc3)ncc2C1. The average Bonchev–Trinajstić information content (AvgIpc) is 2.82. The Kier molecular flexibility index (Phi) is 6.98. The number of halogens is 3. The largest absolute Gasteiger partial charge is 0.489 e. The van der Waals surface area contributed by atoms with Crippen LogP contribution in [0.5, 0.6) is 5.75 Å². The van der Waals surface area contributed by atoms with Gasteiger partial charge in [-0.1, -0.05) is 32.4 Å². The smallest absolute Gasteiger partial charge is 0.416 e. The number of hydrogen-bond donors (Lipinski definition) is 0. The van der Waals surface area contributed by atoms with E-state index in [1.165, 1.54) is 18.1 Å². The summed E-state index contributed by atoms with van der Waals surface area (Å²) in [6.07, 6.45) is -0.338. The third-order valence-electron chi connectivity index (χ3n) is 6.05. The maximum Gasteiger partial charge on any atom is 0.416 e. The standard InChI is InChI=1S/C26H28F3N3O/c1-3-18(2)15-32-12-11-24-21(16-32)14-30-25(31-24)20-7-9-23(10-8-20)33-17-19-5-4-6-22(13-19)26(27,28)29/h4-10,13-14,18H,3,11-12,15-17H2,1-2H3. The van der Waals surface area contributed by atoms with Gasteiger partial charge in [-0.25, -0.2) is 9.97 Å². The van der Waals surface area contributed by atoms with Crippen LogP contribution in [0.3, 0.4) is 0 Å². The normalized spacial score (nSPS) is 15.2. The van der Waals surface area contributed by atoms with Crippen molar-refractivity contribution in [3.05, 3.63) is 77.1 Å². The lowest BCUT2D eigenvalue weighted by Gasteiger charge is -2.30. The number of benzene rings is 2. The summed E-state index contributed by atoms with van der Waals surface area (Å²) in [4.78, 5) is 11.8. The lowest BCUT2D eigenvalue weighted by atomic mass is 10.0. The molecule has 1 aromatic heterocycles. The molecule has 0 saturated carbocycles. The Hall–Kier alpha value is -2.93. The van der Waals surface area contributed by atoms with Crippen LogP contribution in [-0.4, -0.2) is 28.0 Å². The third-order valence-corrected chi connectivity index (χ3v) is 6.05. The highest BCUT2D eigenvalue weighted by Gasteiger charge is 2.30. The van der Waals surface area contributed by atoms with Gasteiger partial charge >= 0.3 is 6.18 Å². The van der Waals surface area contributed by atoms with Gasteiger partial charge in [0.05, 0.1) is 11.3 Å². The maximum atomic E-state index is 12.9. The lowest BCUT2D eigenvalue weighted by Crippen LogP contribution is -2.34. The van der Waals surface area contributed by atoms with Gasteiger partial charge in [0.15, 0.2) is 5.82 Å². The van der Waals surface area contributed by atoms with E-state index in [2.05, 4.69) is 23.7 Å². The zero-order valence-corrected chi connectivity index (χ0v) is 18.9. The zero-order chi connectivity index (χ0) is 23.4. The van der Waals surface area contributed by atoms with Crippen LogP contribution in [0, 0.1) is 5.92 Å². The Morgan fingerprint density at radius 3 is 2.64 bits per heavy atom. The summed E-state index contributed by atoms with van der Waals surface area (Å²) in [7, 11) is 0. The Morgan fingerprint density at radius 1 is 1.12 bits per heavy atom. The molecule has 3 aromatic rings. The Morgan fingerprint density at radius 2 is 1.91 bits per heavy atom. The van der Waals surface area contributed by atoms with Gasteiger partial charge in [0.1, 0.15) is 12.4 Å². The minimum absolute atomic E-state index is 0.0613. The summed E-state index contributed by atoms with van der Waals surface area (Å²) in [5.74, 6) is 1.93.